The highest BCUT2D eigenvalue weighted by molar-refractivity contribution is 5.81. The summed E-state index contributed by atoms with van der Waals surface area (Å²) in [6.07, 6.45) is 2.07. The number of nitrogens with one attached hydrogen (secondary N) is 2. The van der Waals surface area contributed by atoms with Crippen molar-refractivity contribution in [3.63, 3.8) is 0 Å². The van der Waals surface area contributed by atoms with Crippen molar-refractivity contribution in [1.29, 1.82) is 0 Å². The first-order valence-electron chi connectivity index (χ1n) is 11.9. The van der Waals surface area contributed by atoms with Gasteiger partial charge in [0.2, 0.25) is 5.91 Å². The van der Waals surface area contributed by atoms with Crippen LogP contribution in [0.5, 0.6) is 0 Å². The van der Waals surface area contributed by atoms with Crippen molar-refractivity contribution in [2.24, 2.45) is 17.8 Å². The highest BCUT2D eigenvalue weighted by Gasteiger charge is 2.47. The van der Waals surface area contributed by atoms with E-state index in [4.69, 9.17) is 0 Å². The van der Waals surface area contributed by atoms with Gasteiger partial charge in [0.15, 0.2) is 0 Å². The summed E-state index contributed by atoms with van der Waals surface area (Å²) in [5.74, 6) is 2.12. The van der Waals surface area contributed by atoms with Gasteiger partial charge in [-0.3, -0.25) is 9.69 Å². The Morgan fingerprint density at radius 2 is 1.91 bits per heavy atom. The van der Waals surface area contributed by atoms with E-state index in [1.165, 1.54) is 18.9 Å². The molecule has 1 amide bonds. The number of anilines is 1. The molecule has 5 rings (SSSR count). The average molecular weight is 452 g/mol. The molecule has 9 heteroatoms. The van der Waals surface area contributed by atoms with Gasteiger partial charge in [-0.15, -0.1) is 0 Å². The quantitative estimate of drug-likeness (QED) is 0.740. The van der Waals surface area contributed by atoms with E-state index in [1.807, 2.05) is 0 Å². The molecule has 0 bridgehead atoms. The Morgan fingerprint density at radius 1 is 1.09 bits per heavy atom. The highest BCUT2D eigenvalue weighted by Crippen LogP contribution is 2.39. The third-order valence-electron chi connectivity index (χ3n) is 7.93. The normalized spacial score (nSPS) is 33.9. The molecule has 3 aliphatic heterocycles. The number of carbonyl (C=O) groups is 1. The smallest absolute Gasteiger partial charge is 0.354 e. The molecule has 1 aromatic heterocycles. The summed E-state index contributed by atoms with van der Waals surface area (Å²) >= 11 is 0. The van der Waals surface area contributed by atoms with Crippen molar-refractivity contribution >= 4 is 11.7 Å². The maximum absolute atomic E-state index is 12.8. The molecular weight excluding hydrogens is 419 g/mol. The lowest BCUT2D eigenvalue weighted by Crippen LogP contribution is -2.64. The van der Waals surface area contributed by atoms with Gasteiger partial charge in [-0.1, -0.05) is 0 Å². The number of hydrogen-bond acceptors (Lipinski definition) is 5. The molecule has 3 saturated heterocycles. The summed E-state index contributed by atoms with van der Waals surface area (Å²) in [5, 5.41) is 6.97. The number of piperazine rings is 1. The van der Waals surface area contributed by atoms with E-state index >= 15 is 0 Å². The number of nitrogens with zero attached hydrogens (tertiary/aromatic N) is 3. The predicted molar refractivity (Wildman–Crippen MR) is 115 cm³/mol. The predicted octanol–water partition coefficient (Wildman–Crippen LogP) is 2.51. The lowest BCUT2D eigenvalue weighted by Gasteiger charge is -2.50. The van der Waals surface area contributed by atoms with Crippen molar-refractivity contribution in [2.45, 2.75) is 50.4 Å². The van der Waals surface area contributed by atoms with Gasteiger partial charge in [-0.25, -0.2) is 4.98 Å². The monoisotopic (exact) mass is 451 g/mol. The zero-order valence-electron chi connectivity index (χ0n) is 18.3. The summed E-state index contributed by atoms with van der Waals surface area (Å²) in [6.45, 7) is 5.34. The molecule has 176 valence electrons. The summed E-state index contributed by atoms with van der Waals surface area (Å²) in [6, 6.07) is 3.21. The number of halogens is 3. The van der Waals surface area contributed by atoms with Crippen LogP contribution in [0.3, 0.4) is 0 Å². The molecule has 1 saturated carbocycles. The summed E-state index contributed by atoms with van der Waals surface area (Å²) in [5.41, 5.74) is -0.708. The second-order valence-corrected chi connectivity index (χ2v) is 9.88. The maximum Gasteiger partial charge on any atom is 0.417 e. The minimum absolute atomic E-state index is 0.147. The van der Waals surface area contributed by atoms with E-state index in [0.29, 0.717) is 23.7 Å². The van der Waals surface area contributed by atoms with Crippen LogP contribution in [0.4, 0.5) is 19.0 Å². The van der Waals surface area contributed by atoms with E-state index in [1.54, 1.807) is 0 Å². The molecule has 5 atom stereocenters. The zero-order valence-corrected chi connectivity index (χ0v) is 18.3. The van der Waals surface area contributed by atoms with E-state index in [0.717, 1.165) is 70.8 Å². The van der Waals surface area contributed by atoms with E-state index < -0.39 is 11.7 Å². The van der Waals surface area contributed by atoms with Crippen LogP contribution < -0.4 is 15.5 Å². The van der Waals surface area contributed by atoms with Crippen molar-refractivity contribution in [2.75, 3.05) is 44.2 Å². The lowest BCUT2D eigenvalue weighted by molar-refractivity contribution is -0.138. The van der Waals surface area contributed by atoms with Gasteiger partial charge in [-0.2, -0.15) is 13.2 Å². The zero-order chi connectivity index (χ0) is 22.3. The van der Waals surface area contributed by atoms with Crippen molar-refractivity contribution in [1.82, 2.24) is 20.5 Å². The molecule has 5 unspecified atom stereocenters. The minimum atomic E-state index is -4.35. The molecule has 6 nitrogen and oxygen atoms in total. The molecule has 1 aromatic rings. The van der Waals surface area contributed by atoms with Crippen LogP contribution >= 0.6 is 0 Å². The van der Waals surface area contributed by atoms with Gasteiger partial charge in [0.1, 0.15) is 5.82 Å². The number of aromatic nitrogens is 1. The van der Waals surface area contributed by atoms with E-state index in [-0.39, 0.29) is 17.9 Å². The Balaban J connectivity index is 1.12. The lowest BCUT2D eigenvalue weighted by atomic mass is 9.67. The van der Waals surface area contributed by atoms with Gasteiger partial charge >= 0.3 is 6.18 Å². The largest absolute Gasteiger partial charge is 0.417 e. The fraction of sp³-hybridized carbons (Fsp3) is 0.739. The Labute approximate surface area is 186 Å². The maximum atomic E-state index is 12.8. The van der Waals surface area contributed by atoms with Gasteiger partial charge < -0.3 is 15.5 Å². The Hall–Kier alpha value is -1.87. The van der Waals surface area contributed by atoms with Gasteiger partial charge in [0, 0.05) is 51.0 Å². The number of hydrogen-bond donors (Lipinski definition) is 2. The Bertz CT molecular complexity index is 809. The molecule has 1 aliphatic carbocycles. The van der Waals surface area contributed by atoms with Crippen LogP contribution in [-0.2, 0) is 11.0 Å². The highest BCUT2D eigenvalue weighted by atomic mass is 19.4. The van der Waals surface area contributed by atoms with Gasteiger partial charge in [0.05, 0.1) is 11.5 Å². The van der Waals surface area contributed by atoms with Crippen LogP contribution in [0.15, 0.2) is 18.3 Å². The summed E-state index contributed by atoms with van der Waals surface area (Å²) in [7, 11) is 0. The molecule has 0 radical (unpaired) electrons. The first-order valence-corrected chi connectivity index (χ1v) is 11.9. The van der Waals surface area contributed by atoms with E-state index in [2.05, 4.69) is 25.4 Å². The number of carbonyl (C=O) groups excluding carboxylic acids is 1. The summed E-state index contributed by atoms with van der Waals surface area (Å²) in [4.78, 5) is 21.1. The Kier molecular flexibility index (Phi) is 6.05. The van der Waals surface area contributed by atoms with Crippen molar-refractivity contribution < 1.29 is 18.0 Å². The fourth-order valence-electron chi connectivity index (χ4n) is 6.25. The molecule has 0 aromatic carbocycles. The van der Waals surface area contributed by atoms with Crippen molar-refractivity contribution in [3.8, 4) is 0 Å². The SMILES string of the molecule is O=C1NC2CC(CN3CCN(c4ccc(C(F)(F)F)cn4)CC3)CCC2C2NCCCC12. The third kappa shape index (κ3) is 4.46. The van der Waals surface area contributed by atoms with E-state index in [9.17, 15) is 18.0 Å². The van der Waals surface area contributed by atoms with Crippen LogP contribution in [0.1, 0.15) is 37.7 Å². The number of alkyl halides is 3. The molecule has 4 aliphatic rings. The van der Waals surface area contributed by atoms with Gasteiger partial charge in [0.25, 0.3) is 0 Å². The van der Waals surface area contributed by atoms with Crippen molar-refractivity contribution in [3.05, 3.63) is 23.9 Å². The molecular formula is C23H32F3N5O. The molecule has 2 N–H and O–H groups in total. The minimum Gasteiger partial charge on any atom is -0.354 e. The molecule has 4 fully saturated rings. The van der Waals surface area contributed by atoms with Crippen LogP contribution in [-0.4, -0.2) is 67.1 Å². The standard InChI is InChI=1S/C23H32F3N5O/c24-23(25,26)16-4-6-20(28-13-16)31-10-8-30(9-11-31)14-15-3-5-17-19(12-15)29-22(32)18-2-1-7-27-21(17)18/h4,6,13,15,17-19,21,27H,1-3,5,7-12,14H2,(H,29,32). The average Bonchev–Trinajstić information content (AvgIpc) is 2.79. The Morgan fingerprint density at radius 3 is 2.62 bits per heavy atom. The van der Waals surface area contributed by atoms with Crippen LogP contribution in [0, 0.1) is 17.8 Å². The third-order valence-corrected chi connectivity index (χ3v) is 7.93. The van der Waals surface area contributed by atoms with Crippen LogP contribution in [0.25, 0.3) is 0 Å². The van der Waals surface area contributed by atoms with Crippen LogP contribution in [0.2, 0.25) is 0 Å². The molecule has 32 heavy (non-hydrogen) atoms. The number of amides is 1. The topological polar surface area (TPSA) is 60.5 Å². The first-order chi connectivity index (χ1) is 15.4. The number of pyridine rings is 1. The fourth-order valence-corrected chi connectivity index (χ4v) is 6.25. The first kappa shape index (κ1) is 21.9. The second kappa shape index (κ2) is 8.82. The molecule has 0 spiro atoms. The van der Waals surface area contributed by atoms with Gasteiger partial charge in [-0.05, 0) is 62.6 Å². The number of piperidine rings is 2. The second-order valence-electron chi connectivity index (χ2n) is 9.88. The molecule has 4 heterocycles. The summed E-state index contributed by atoms with van der Waals surface area (Å²) < 4.78 is 38.3. The number of rotatable bonds is 3. The number of fused-ring (bicyclic) bond motifs is 3.